The zero-order valence-corrected chi connectivity index (χ0v) is 23.1. The first kappa shape index (κ1) is 23.0. The molecule has 166 valence electrons. The van der Waals surface area contributed by atoms with Gasteiger partial charge in [0.2, 0.25) is 0 Å². The van der Waals surface area contributed by atoms with Crippen LogP contribution in [-0.4, -0.2) is 16.9 Å². The molecule has 0 N–H and O–H groups in total. The monoisotopic (exact) mass is 454 g/mol. The molecule has 2 aromatic carbocycles. The van der Waals surface area contributed by atoms with Crippen molar-refractivity contribution in [3.05, 3.63) is 105 Å². The molecule has 0 saturated heterocycles. The molecule has 0 fully saturated rings. The van der Waals surface area contributed by atoms with E-state index in [0.29, 0.717) is 5.92 Å². The van der Waals surface area contributed by atoms with Crippen molar-refractivity contribution in [1.82, 2.24) is 0 Å². The molecular formula is C30H38Si2. The Balaban J connectivity index is 1.92. The molecule has 0 aliphatic heterocycles. The summed E-state index contributed by atoms with van der Waals surface area (Å²) in [5.74, 6) is 0.470. The fourth-order valence-electron chi connectivity index (χ4n) is 5.73. The maximum atomic E-state index is 2.63. The molecule has 2 aromatic rings. The van der Waals surface area contributed by atoms with E-state index in [0.717, 1.165) is 6.42 Å². The Labute approximate surface area is 198 Å². The smallest absolute Gasteiger partial charge is 0.0804 e. The second kappa shape index (κ2) is 8.99. The average Bonchev–Trinajstić information content (AvgIpc) is 3.22. The molecule has 0 unspecified atom stereocenters. The molecule has 0 aromatic heterocycles. The Morgan fingerprint density at radius 2 is 1.22 bits per heavy atom. The van der Waals surface area contributed by atoms with Crippen molar-refractivity contribution in [2.24, 2.45) is 5.92 Å². The molecule has 0 saturated carbocycles. The molecule has 0 amide bonds. The summed E-state index contributed by atoms with van der Waals surface area (Å²) < 4.78 is 0. The highest BCUT2D eigenvalue weighted by Crippen LogP contribution is 2.48. The Hall–Kier alpha value is -2.17. The van der Waals surface area contributed by atoms with E-state index in [2.05, 4.69) is 114 Å². The minimum Gasteiger partial charge on any atom is -0.0804 e. The summed E-state index contributed by atoms with van der Waals surface area (Å²) in [5.41, 5.74) is 9.60. The van der Waals surface area contributed by atoms with Gasteiger partial charge in [0.15, 0.2) is 0 Å². The first-order valence-electron chi connectivity index (χ1n) is 12.1. The van der Waals surface area contributed by atoms with Crippen molar-refractivity contribution in [2.45, 2.75) is 59.8 Å². The van der Waals surface area contributed by atoms with Crippen molar-refractivity contribution in [3.63, 3.8) is 0 Å². The molecule has 0 radical (unpaired) electrons. The maximum absolute atomic E-state index is 2.63. The van der Waals surface area contributed by atoms with Crippen LogP contribution in [-0.2, 0) is 0 Å². The summed E-state index contributed by atoms with van der Waals surface area (Å²) in [6, 6.07) is 24.0. The lowest BCUT2D eigenvalue weighted by molar-refractivity contribution is 0.851. The Morgan fingerprint density at radius 1 is 0.750 bits per heavy atom. The third kappa shape index (κ3) is 4.36. The van der Waals surface area contributed by atoms with Gasteiger partial charge >= 0.3 is 0 Å². The Bertz CT molecular complexity index is 1060. The van der Waals surface area contributed by atoms with Crippen molar-refractivity contribution < 1.29 is 0 Å². The van der Waals surface area contributed by atoms with Crippen LogP contribution >= 0.6 is 0 Å². The summed E-state index contributed by atoms with van der Waals surface area (Å²) in [6.07, 6.45) is 3.78. The number of hydrogen-bond donors (Lipinski definition) is 0. The second-order valence-corrected chi connectivity index (χ2v) is 19.2. The molecule has 0 nitrogen and oxygen atoms in total. The van der Waals surface area contributed by atoms with Gasteiger partial charge in [0.05, 0.1) is 0 Å². The molecule has 2 aliphatic carbocycles. The number of allylic oxidation sites excluding steroid dienone is 8. The highest BCUT2D eigenvalue weighted by Gasteiger charge is 2.37. The van der Waals surface area contributed by atoms with E-state index in [4.69, 9.17) is 0 Å². The lowest BCUT2D eigenvalue weighted by Crippen LogP contribution is -2.45. The van der Waals surface area contributed by atoms with Crippen molar-refractivity contribution in [3.8, 4) is 0 Å². The summed E-state index contributed by atoms with van der Waals surface area (Å²) in [4.78, 5) is 0. The maximum Gasteiger partial charge on any atom is 0.132 e. The summed E-state index contributed by atoms with van der Waals surface area (Å²) >= 11 is 0. The van der Waals surface area contributed by atoms with Crippen LogP contribution in [0.3, 0.4) is 0 Å². The molecule has 2 aliphatic rings. The fourth-order valence-corrected chi connectivity index (χ4v) is 10.7. The van der Waals surface area contributed by atoms with E-state index in [1.807, 2.05) is 0 Å². The van der Waals surface area contributed by atoms with Crippen LogP contribution in [0.4, 0.5) is 0 Å². The third-order valence-electron chi connectivity index (χ3n) is 7.48. The summed E-state index contributed by atoms with van der Waals surface area (Å²) in [7, 11) is -2.77. The van der Waals surface area contributed by atoms with E-state index in [-0.39, 0.29) is 0 Å². The normalized spacial score (nSPS) is 17.8. The van der Waals surface area contributed by atoms with Crippen LogP contribution in [0.15, 0.2) is 105 Å². The van der Waals surface area contributed by atoms with Gasteiger partial charge < -0.3 is 0 Å². The van der Waals surface area contributed by atoms with Crippen LogP contribution in [0.25, 0.3) is 0 Å². The van der Waals surface area contributed by atoms with Crippen molar-refractivity contribution >= 4 is 27.2 Å². The average molecular weight is 455 g/mol. The molecule has 2 heteroatoms. The predicted octanol–water partition coefficient (Wildman–Crippen LogP) is 6.83. The lowest BCUT2D eigenvalue weighted by Gasteiger charge is -2.29. The molecule has 32 heavy (non-hydrogen) atoms. The van der Waals surface area contributed by atoms with Gasteiger partial charge in [-0.2, -0.15) is 0 Å². The first-order chi connectivity index (χ1) is 15.2. The predicted molar refractivity (Wildman–Crippen MR) is 147 cm³/mol. The van der Waals surface area contributed by atoms with Gasteiger partial charge in [0.25, 0.3) is 0 Å². The number of hydrogen-bond acceptors (Lipinski definition) is 0. The Morgan fingerprint density at radius 3 is 1.66 bits per heavy atom. The minimum atomic E-state index is -1.55. The van der Waals surface area contributed by atoms with Gasteiger partial charge in [-0.05, 0) is 56.9 Å². The summed E-state index contributed by atoms with van der Waals surface area (Å²) in [6.45, 7) is 17.0. The Kier molecular flexibility index (Phi) is 6.47. The topological polar surface area (TPSA) is 0 Å². The second-order valence-electron chi connectivity index (χ2n) is 10.9. The molecule has 4 rings (SSSR count). The van der Waals surface area contributed by atoms with Gasteiger partial charge in [0, 0.05) is 14.0 Å². The number of rotatable bonds is 6. The van der Waals surface area contributed by atoms with E-state index < -0.39 is 16.9 Å². The molecule has 0 bridgehead atoms. The highest BCUT2D eigenvalue weighted by molar-refractivity contribution is 6.91. The van der Waals surface area contributed by atoms with E-state index in [9.17, 15) is 0 Å². The third-order valence-corrected chi connectivity index (χ3v) is 12.2. The van der Waals surface area contributed by atoms with Gasteiger partial charge in [-0.25, -0.2) is 0 Å². The number of benzene rings is 2. The SMILES string of the molecule is CC1=C(C)C(C2=C(C[Si](C)(C)C)CC=C2[SiH](c2ccccc2)c2ccccc2)C(C)=C1C. The van der Waals surface area contributed by atoms with Crippen molar-refractivity contribution in [2.75, 3.05) is 0 Å². The van der Waals surface area contributed by atoms with E-state index >= 15 is 0 Å². The van der Waals surface area contributed by atoms with Gasteiger partial charge in [-0.1, -0.05) is 119 Å². The van der Waals surface area contributed by atoms with Crippen LogP contribution in [0.2, 0.25) is 25.7 Å². The molecular weight excluding hydrogens is 417 g/mol. The lowest BCUT2D eigenvalue weighted by atomic mass is 9.87. The molecule has 0 heterocycles. The van der Waals surface area contributed by atoms with Crippen LogP contribution < -0.4 is 10.4 Å². The van der Waals surface area contributed by atoms with Crippen LogP contribution in [0, 0.1) is 5.92 Å². The van der Waals surface area contributed by atoms with Gasteiger partial charge in [-0.15, -0.1) is 0 Å². The van der Waals surface area contributed by atoms with Crippen molar-refractivity contribution in [1.29, 1.82) is 0 Å². The largest absolute Gasteiger partial charge is 0.132 e. The zero-order chi connectivity index (χ0) is 23.0. The molecule has 0 spiro atoms. The van der Waals surface area contributed by atoms with Crippen LogP contribution in [0.1, 0.15) is 34.1 Å². The summed E-state index contributed by atoms with van der Waals surface area (Å²) in [5, 5.41) is 4.75. The fraction of sp³-hybridized carbons (Fsp3) is 0.333. The standard InChI is InChI=1S/C30H38Si2/c1-21-22(2)24(4)29(23(21)3)30-25(20-32(5,6)7)18-19-28(30)31(26-14-10-8-11-15-26)27-16-12-9-13-17-27/h8-17,19,29,31H,18,20H2,1-7H3. The first-order valence-corrected chi connectivity index (χ1v) is 17.5. The van der Waals surface area contributed by atoms with E-state index in [1.165, 1.54) is 27.6 Å². The highest BCUT2D eigenvalue weighted by atomic mass is 28.3. The van der Waals surface area contributed by atoms with E-state index in [1.54, 1.807) is 27.5 Å². The zero-order valence-electron chi connectivity index (χ0n) is 20.9. The van der Waals surface area contributed by atoms with Gasteiger partial charge in [0.1, 0.15) is 8.80 Å². The molecule has 0 atom stereocenters. The van der Waals surface area contributed by atoms with Gasteiger partial charge in [-0.3, -0.25) is 0 Å². The quantitative estimate of drug-likeness (QED) is 0.419. The minimum absolute atomic E-state index is 0.470. The van der Waals surface area contributed by atoms with Crippen LogP contribution in [0.5, 0.6) is 0 Å².